The lowest BCUT2D eigenvalue weighted by Crippen LogP contribution is -2.03. The van der Waals surface area contributed by atoms with E-state index >= 15 is 0 Å². The maximum atomic E-state index is 9.55. The Kier molecular flexibility index (Phi) is 3.20. The molecule has 1 fully saturated rings. The van der Waals surface area contributed by atoms with Crippen molar-refractivity contribution in [1.82, 2.24) is 0 Å². The van der Waals surface area contributed by atoms with Crippen LogP contribution in [0.25, 0.3) is 0 Å². The van der Waals surface area contributed by atoms with Crippen molar-refractivity contribution in [3.05, 3.63) is 35.9 Å². The summed E-state index contributed by atoms with van der Waals surface area (Å²) < 4.78 is 0. The molecule has 0 saturated heterocycles. The van der Waals surface area contributed by atoms with Gasteiger partial charge in [0.15, 0.2) is 0 Å². The minimum atomic E-state index is -0.0521. The van der Waals surface area contributed by atoms with E-state index in [-0.39, 0.29) is 6.10 Å². The van der Waals surface area contributed by atoms with Crippen molar-refractivity contribution in [1.29, 1.82) is 0 Å². The Morgan fingerprint density at radius 2 is 1.71 bits per heavy atom. The van der Waals surface area contributed by atoms with Crippen molar-refractivity contribution in [3.8, 4) is 0 Å². The van der Waals surface area contributed by atoms with Gasteiger partial charge in [-0.25, -0.2) is 0 Å². The highest BCUT2D eigenvalue weighted by atomic mass is 16.3. The fraction of sp³-hybridized carbons (Fsp3) is 0.538. The van der Waals surface area contributed by atoms with E-state index in [0.29, 0.717) is 5.92 Å². The minimum Gasteiger partial charge on any atom is -0.393 e. The van der Waals surface area contributed by atoms with Crippen molar-refractivity contribution in [3.63, 3.8) is 0 Å². The molecule has 0 bridgehead atoms. The Bertz CT molecular complexity index is 268. The van der Waals surface area contributed by atoms with E-state index < -0.39 is 0 Å². The predicted octanol–water partition coefficient (Wildman–Crippen LogP) is 3.10. The molecule has 0 spiro atoms. The molecular formula is C13H18O. The third-order valence-corrected chi connectivity index (χ3v) is 3.21. The quantitative estimate of drug-likeness (QED) is 0.675. The number of rotatable bonds is 1. The fourth-order valence-electron chi connectivity index (χ4n) is 2.34. The Morgan fingerprint density at radius 3 is 2.50 bits per heavy atom. The highest BCUT2D eigenvalue weighted by Crippen LogP contribution is 2.31. The smallest absolute Gasteiger partial charge is 0.0540 e. The van der Waals surface area contributed by atoms with Crippen LogP contribution in [0, 0.1) is 0 Å². The van der Waals surface area contributed by atoms with Crippen LogP contribution < -0.4 is 0 Å². The molecule has 1 aromatic carbocycles. The summed E-state index contributed by atoms with van der Waals surface area (Å²) in [6.45, 7) is 0. The van der Waals surface area contributed by atoms with E-state index in [9.17, 15) is 5.11 Å². The van der Waals surface area contributed by atoms with Crippen LogP contribution >= 0.6 is 0 Å². The highest BCUT2D eigenvalue weighted by Gasteiger charge is 2.17. The first-order chi connectivity index (χ1) is 6.86. The highest BCUT2D eigenvalue weighted by molar-refractivity contribution is 5.19. The predicted molar refractivity (Wildman–Crippen MR) is 58.3 cm³/mol. The Balaban J connectivity index is 2.04. The van der Waals surface area contributed by atoms with Gasteiger partial charge in [-0.1, -0.05) is 36.8 Å². The largest absolute Gasteiger partial charge is 0.393 e. The van der Waals surface area contributed by atoms with Gasteiger partial charge in [0.05, 0.1) is 6.10 Å². The number of aliphatic hydroxyl groups excluding tert-OH is 1. The average Bonchev–Trinajstić information content (AvgIpc) is 2.44. The van der Waals surface area contributed by atoms with Crippen molar-refractivity contribution in [2.24, 2.45) is 0 Å². The fourth-order valence-corrected chi connectivity index (χ4v) is 2.34. The van der Waals surface area contributed by atoms with Gasteiger partial charge in [0.25, 0.3) is 0 Å². The summed E-state index contributed by atoms with van der Waals surface area (Å²) in [6, 6.07) is 10.7. The first-order valence-electron chi connectivity index (χ1n) is 5.59. The van der Waals surface area contributed by atoms with Gasteiger partial charge in [-0.2, -0.15) is 0 Å². The van der Waals surface area contributed by atoms with Crippen molar-refractivity contribution >= 4 is 0 Å². The lowest BCUT2D eigenvalue weighted by Gasteiger charge is -2.13. The molecule has 0 aromatic heterocycles. The summed E-state index contributed by atoms with van der Waals surface area (Å²) in [6.07, 6.45) is 5.46. The van der Waals surface area contributed by atoms with Gasteiger partial charge in [-0.05, 0) is 37.2 Å². The molecule has 0 aliphatic heterocycles. The lowest BCUT2D eigenvalue weighted by molar-refractivity contribution is 0.157. The van der Waals surface area contributed by atoms with Crippen LogP contribution in [0.2, 0.25) is 0 Å². The summed E-state index contributed by atoms with van der Waals surface area (Å²) in [4.78, 5) is 0. The van der Waals surface area contributed by atoms with Crippen molar-refractivity contribution < 1.29 is 5.11 Å². The number of hydrogen-bond acceptors (Lipinski definition) is 1. The van der Waals surface area contributed by atoms with E-state index in [4.69, 9.17) is 0 Å². The van der Waals surface area contributed by atoms with E-state index in [1.54, 1.807) is 0 Å². The van der Waals surface area contributed by atoms with Gasteiger partial charge in [0, 0.05) is 0 Å². The van der Waals surface area contributed by atoms with E-state index in [2.05, 4.69) is 30.3 Å². The average molecular weight is 190 g/mol. The summed E-state index contributed by atoms with van der Waals surface area (Å²) in [5.41, 5.74) is 1.45. The SMILES string of the molecule is O[C@@H]1CCC[C@H](c2ccccc2)CC1. The van der Waals surface area contributed by atoms with Gasteiger partial charge in [0.2, 0.25) is 0 Å². The van der Waals surface area contributed by atoms with Crippen LogP contribution in [0.5, 0.6) is 0 Å². The zero-order valence-corrected chi connectivity index (χ0v) is 8.52. The van der Waals surface area contributed by atoms with E-state index in [1.165, 1.54) is 18.4 Å². The van der Waals surface area contributed by atoms with Gasteiger partial charge in [-0.15, -0.1) is 0 Å². The standard InChI is InChI=1S/C13H18O/c14-13-8-4-7-12(9-10-13)11-5-2-1-3-6-11/h1-3,5-6,12-14H,4,7-10H2/t12-,13+/m0/s1. The second kappa shape index (κ2) is 4.61. The molecule has 0 heterocycles. The van der Waals surface area contributed by atoms with E-state index in [0.717, 1.165) is 19.3 Å². The maximum absolute atomic E-state index is 9.55. The molecule has 0 unspecified atom stereocenters. The molecule has 0 amide bonds. The van der Waals surface area contributed by atoms with Crippen LogP contribution in [0.15, 0.2) is 30.3 Å². The maximum Gasteiger partial charge on any atom is 0.0540 e. The van der Waals surface area contributed by atoms with Gasteiger partial charge < -0.3 is 5.11 Å². The van der Waals surface area contributed by atoms with Crippen LogP contribution in [-0.4, -0.2) is 11.2 Å². The van der Waals surface area contributed by atoms with E-state index in [1.807, 2.05) is 0 Å². The molecule has 1 aliphatic rings. The molecule has 2 atom stereocenters. The second-order valence-electron chi connectivity index (χ2n) is 4.27. The normalized spacial score (nSPS) is 28.4. The van der Waals surface area contributed by atoms with Gasteiger partial charge in [0.1, 0.15) is 0 Å². The molecule has 76 valence electrons. The molecular weight excluding hydrogens is 172 g/mol. The van der Waals surface area contributed by atoms with Crippen molar-refractivity contribution in [2.75, 3.05) is 0 Å². The third kappa shape index (κ3) is 2.36. The summed E-state index contributed by atoms with van der Waals surface area (Å²) in [5, 5.41) is 9.55. The second-order valence-corrected chi connectivity index (χ2v) is 4.27. The first kappa shape index (κ1) is 9.72. The summed E-state index contributed by atoms with van der Waals surface area (Å²) in [7, 11) is 0. The molecule has 2 rings (SSSR count). The van der Waals surface area contributed by atoms with Crippen molar-refractivity contribution in [2.45, 2.75) is 44.1 Å². The molecule has 1 saturated carbocycles. The first-order valence-corrected chi connectivity index (χ1v) is 5.59. The molecule has 14 heavy (non-hydrogen) atoms. The van der Waals surface area contributed by atoms with Crippen LogP contribution in [0.4, 0.5) is 0 Å². The molecule has 1 aromatic rings. The number of benzene rings is 1. The zero-order valence-electron chi connectivity index (χ0n) is 8.52. The molecule has 1 heteroatoms. The number of aliphatic hydroxyl groups is 1. The molecule has 1 nitrogen and oxygen atoms in total. The molecule has 1 aliphatic carbocycles. The zero-order chi connectivity index (χ0) is 9.80. The Labute approximate surface area is 85.8 Å². The summed E-state index contributed by atoms with van der Waals surface area (Å²) in [5.74, 6) is 0.674. The topological polar surface area (TPSA) is 20.2 Å². The van der Waals surface area contributed by atoms with Crippen LogP contribution in [0.1, 0.15) is 43.6 Å². The van der Waals surface area contributed by atoms with Gasteiger partial charge in [-0.3, -0.25) is 0 Å². The minimum absolute atomic E-state index is 0.0521. The van der Waals surface area contributed by atoms with Crippen LogP contribution in [-0.2, 0) is 0 Å². The molecule has 1 N–H and O–H groups in total. The Hall–Kier alpha value is -0.820. The lowest BCUT2D eigenvalue weighted by atomic mass is 9.92. The Morgan fingerprint density at radius 1 is 0.929 bits per heavy atom. The number of hydrogen-bond donors (Lipinski definition) is 1. The van der Waals surface area contributed by atoms with Crippen LogP contribution in [0.3, 0.4) is 0 Å². The summed E-state index contributed by atoms with van der Waals surface area (Å²) >= 11 is 0. The molecule has 0 radical (unpaired) electrons. The third-order valence-electron chi connectivity index (χ3n) is 3.21. The van der Waals surface area contributed by atoms with Gasteiger partial charge >= 0.3 is 0 Å². The monoisotopic (exact) mass is 190 g/mol.